The third-order valence-electron chi connectivity index (χ3n) is 5.62. The van der Waals surface area contributed by atoms with Crippen molar-refractivity contribution in [3.8, 4) is 11.8 Å². The number of carbonyl (C=O) groups is 1. The van der Waals surface area contributed by atoms with Gasteiger partial charge in [0.25, 0.3) is 0 Å². The molecule has 3 heterocycles. The molecule has 1 aliphatic heterocycles. The summed E-state index contributed by atoms with van der Waals surface area (Å²) < 4.78 is 13.0. The maximum absolute atomic E-state index is 12.7. The van der Waals surface area contributed by atoms with E-state index in [-0.39, 0.29) is 17.8 Å². The second-order valence-electron chi connectivity index (χ2n) is 7.55. The van der Waals surface area contributed by atoms with Crippen molar-refractivity contribution in [3.05, 3.63) is 35.0 Å². The van der Waals surface area contributed by atoms with Crippen molar-refractivity contribution < 1.29 is 14.3 Å². The fourth-order valence-corrected chi connectivity index (χ4v) is 4.50. The van der Waals surface area contributed by atoms with Gasteiger partial charge in [-0.3, -0.25) is 4.79 Å². The Labute approximate surface area is 184 Å². The molecule has 0 radical (unpaired) electrons. The quantitative estimate of drug-likeness (QED) is 0.543. The van der Waals surface area contributed by atoms with Crippen LogP contribution in [0.15, 0.2) is 23.4 Å². The number of H-pyrrole nitrogens is 1. The first kappa shape index (κ1) is 21.3. The van der Waals surface area contributed by atoms with Gasteiger partial charge in [0.1, 0.15) is 17.6 Å². The van der Waals surface area contributed by atoms with Crippen molar-refractivity contribution in [3.63, 3.8) is 0 Å². The SMILES string of the molecule is COc1ccc2nc(SCC(=O)Nc3c(C#N)c(C)c(C)n3C[C@H]3CCCO3)[nH]c2c1. The van der Waals surface area contributed by atoms with Gasteiger partial charge in [0, 0.05) is 18.4 Å². The van der Waals surface area contributed by atoms with Gasteiger partial charge in [-0.05, 0) is 44.4 Å². The molecular weight excluding hydrogens is 414 g/mol. The van der Waals surface area contributed by atoms with E-state index in [4.69, 9.17) is 9.47 Å². The lowest BCUT2D eigenvalue weighted by Crippen LogP contribution is -2.22. The highest BCUT2D eigenvalue weighted by Crippen LogP contribution is 2.29. The van der Waals surface area contributed by atoms with Crippen LogP contribution in [0.5, 0.6) is 5.75 Å². The number of thioether (sulfide) groups is 1. The van der Waals surface area contributed by atoms with Crippen molar-refractivity contribution in [1.82, 2.24) is 14.5 Å². The number of hydrogen-bond donors (Lipinski definition) is 2. The van der Waals surface area contributed by atoms with Crippen LogP contribution in [-0.2, 0) is 16.1 Å². The Hall–Kier alpha value is -2.96. The van der Waals surface area contributed by atoms with E-state index < -0.39 is 0 Å². The number of hydrogen-bond acceptors (Lipinski definition) is 6. The summed E-state index contributed by atoms with van der Waals surface area (Å²) in [6.07, 6.45) is 2.13. The smallest absolute Gasteiger partial charge is 0.235 e. The summed E-state index contributed by atoms with van der Waals surface area (Å²) in [5.74, 6) is 1.27. The van der Waals surface area contributed by atoms with E-state index in [0.29, 0.717) is 23.1 Å². The number of amides is 1. The molecule has 162 valence electrons. The van der Waals surface area contributed by atoms with Gasteiger partial charge in [-0.15, -0.1) is 0 Å². The van der Waals surface area contributed by atoms with Gasteiger partial charge in [0.05, 0.1) is 42.1 Å². The summed E-state index contributed by atoms with van der Waals surface area (Å²) in [6.45, 7) is 5.27. The second-order valence-corrected chi connectivity index (χ2v) is 8.52. The number of nitriles is 1. The molecule has 1 aromatic carbocycles. The number of aromatic nitrogens is 3. The summed E-state index contributed by atoms with van der Waals surface area (Å²) in [5.41, 5.74) is 4.03. The number of imidazole rings is 1. The number of anilines is 1. The third kappa shape index (κ3) is 4.40. The number of nitrogens with zero attached hydrogens (tertiary/aromatic N) is 3. The average Bonchev–Trinajstić information content (AvgIpc) is 3.48. The molecule has 2 aromatic heterocycles. The lowest BCUT2D eigenvalue weighted by molar-refractivity contribution is -0.113. The van der Waals surface area contributed by atoms with Crippen molar-refractivity contribution in [1.29, 1.82) is 5.26 Å². The Balaban J connectivity index is 1.47. The maximum atomic E-state index is 12.7. The summed E-state index contributed by atoms with van der Waals surface area (Å²) in [5, 5.41) is 13.3. The van der Waals surface area contributed by atoms with Gasteiger partial charge >= 0.3 is 0 Å². The summed E-state index contributed by atoms with van der Waals surface area (Å²) >= 11 is 1.31. The van der Waals surface area contributed by atoms with Crippen LogP contribution in [0.3, 0.4) is 0 Å². The molecule has 3 aromatic rings. The average molecular weight is 440 g/mol. The minimum Gasteiger partial charge on any atom is -0.497 e. The minimum atomic E-state index is -0.189. The van der Waals surface area contributed by atoms with Crippen molar-refractivity contribution >= 4 is 34.5 Å². The van der Waals surface area contributed by atoms with Crippen LogP contribution < -0.4 is 10.1 Å². The van der Waals surface area contributed by atoms with E-state index in [1.165, 1.54) is 11.8 Å². The molecule has 1 amide bonds. The van der Waals surface area contributed by atoms with Crippen LogP contribution in [0.2, 0.25) is 0 Å². The molecule has 31 heavy (non-hydrogen) atoms. The lowest BCUT2D eigenvalue weighted by Gasteiger charge is -2.16. The Morgan fingerprint density at radius 1 is 1.48 bits per heavy atom. The largest absolute Gasteiger partial charge is 0.497 e. The topological polar surface area (TPSA) is 105 Å². The highest BCUT2D eigenvalue weighted by Gasteiger charge is 2.24. The van der Waals surface area contributed by atoms with Gasteiger partial charge in [-0.1, -0.05) is 11.8 Å². The number of carbonyl (C=O) groups excluding carboxylic acids is 1. The normalized spacial score (nSPS) is 15.9. The lowest BCUT2D eigenvalue weighted by atomic mass is 10.2. The number of fused-ring (bicyclic) bond motifs is 1. The maximum Gasteiger partial charge on any atom is 0.235 e. The number of nitrogens with one attached hydrogen (secondary N) is 2. The first-order chi connectivity index (χ1) is 15.0. The van der Waals surface area contributed by atoms with E-state index >= 15 is 0 Å². The van der Waals surface area contributed by atoms with E-state index in [1.807, 2.05) is 36.6 Å². The first-order valence-electron chi connectivity index (χ1n) is 10.2. The number of ether oxygens (including phenoxy) is 2. The van der Waals surface area contributed by atoms with Crippen LogP contribution in [0.1, 0.15) is 29.7 Å². The van der Waals surface area contributed by atoms with E-state index in [1.54, 1.807) is 7.11 Å². The summed E-state index contributed by atoms with van der Waals surface area (Å²) in [7, 11) is 1.62. The van der Waals surface area contributed by atoms with Crippen LogP contribution in [-0.4, -0.2) is 46.0 Å². The standard InChI is InChI=1S/C22H25N5O3S/c1-13-14(2)27(11-16-5-4-8-30-16)21(17(13)10-23)26-20(28)12-31-22-24-18-7-6-15(29-3)9-19(18)25-22/h6-7,9,16H,4-5,8,11-12H2,1-3H3,(H,24,25)(H,26,28)/t16-/m1/s1. The predicted molar refractivity (Wildman–Crippen MR) is 120 cm³/mol. The molecule has 1 saturated heterocycles. The minimum absolute atomic E-state index is 0.106. The van der Waals surface area contributed by atoms with Gasteiger partial charge in [-0.2, -0.15) is 5.26 Å². The number of aromatic amines is 1. The molecule has 0 spiro atoms. The van der Waals surface area contributed by atoms with Crippen molar-refractivity contribution in [2.45, 2.75) is 44.5 Å². The second kappa shape index (κ2) is 9.04. The number of benzene rings is 1. The third-order valence-corrected chi connectivity index (χ3v) is 6.49. The van der Waals surface area contributed by atoms with Crippen molar-refractivity contribution in [2.24, 2.45) is 0 Å². The van der Waals surface area contributed by atoms with Gasteiger partial charge in [0.15, 0.2) is 5.16 Å². The molecular formula is C22H25N5O3S. The molecule has 1 fully saturated rings. The first-order valence-corrected chi connectivity index (χ1v) is 11.2. The molecule has 0 aliphatic carbocycles. The molecule has 0 unspecified atom stereocenters. The zero-order valence-corrected chi connectivity index (χ0v) is 18.6. The molecule has 0 saturated carbocycles. The molecule has 1 aliphatic rings. The van der Waals surface area contributed by atoms with Gasteiger partial charge in [-0.25, -0.2) is 4.98 Å². The number of methoxy groups -OCH3 is 1. The van der Waals surface area contributed by atoms with Crippen molar-refractivity contribution in [2.75, 3.05) is 24.8 Å². The van der Waals surface area contributed by atoms with Crippen LogP contribution >= 0.6 is 11.8 Å². The molecule has 9 heteroatoms. The summed E-state index contributed by atoms with van der Waals surface area (Å²) in [6, 6.07) is 7.83. The van der Waals surface area contributed by atoms with Crippen LogP contribution in [0.4, 0.5) is 5.82 Å². The zero-order chi connectivity index (χ0) is 22.0. The monoisotopic (exact) mass is 439 g/mol. The van der Waals surface area contributed by atoms with Crippen LogP contribution in [0, 0.1) is 25.2 Å². The Morgan fingerprint density at radius 3 is 3.03 bits per heavy atom. The van der Waals surface area contributed by atoms with E-state index in [2.05, 4.69) is 21.4 Å². The Bertz CT molecular complexity index is 1150. The highest BCUT2D eigenvalue weighted by atomic mass is 32.2. The highest BCUT2D eigenvalue weighted by molar-refractivity contribution is 7.99. The molecule has 4 rings (SSSR count). The molecule has 2 N–H and O–H groups in total. The predicted octanol–water partition coefficient (Wildman–Crippen LogP) is 3.77. The molecule has 8 nitrogen and oxygen atoms in total. The fraction of sp³-hybridized carbons (Fsp3) is 0.409. The van der Waals surface area contributed by atoms with Gasteiger partial charge in [0.2, 0.25) is 5.91 Å². The Morgan fingerprint density at radius 2 is 2.32 bits per heavy atom. The molecule has 0 bridgehead atoms. The van der Waals surface area contributed by atoms with E-state index in [0.717, 1.165) is 47.5 Å². The molecule has 1 atom stereocenters. The Kier molecular flexibility index (Phi) is 6.20. The van der Waals surface area contributed by atoms with Gasteiger partial charge < -0.3 is 24.3 Å². The number of rotatable bonds is 7. The summed E-state index contributed by atoms with van der Waals surface area (Å²) in [4.78, 5) is 20.4. The zero-order valence-electron chi connectivity index (χ0n) is 17.8. The van der Waals surface area contributed by atoms with Crippen LogP contribution in [0.25, 0.3) is 11.0 Å². The fourth-order valence-electron chi connectivity index (χ4n) is 3.81. The van der Waals surface area contributed by atoms with E-state index in [9.17, 15) is 10.1 Å².